The summed E-state index contributed by atoms with van der Waals surface area (Å²) in [5.41, 5.74) is 0. The van der Waals surface area contributed by atoms with Crippen molar-refractivity contribution >= 4 is 5.78 Å². The van der Waals surface area contributed by atoms with Crippen molar-refractivity contribution in [3.8, 4) is 0 Å². The molecule has 0 aromatic heterocycles. The molecule has 0 bridgehead atoms. The van der Waals surface area contributed by atoms with Gasteiger partial charge in [-0.1, -0.05) is 45.4 Å². The predicted octanol–water partition coefficient (Wildman–Crippen LogP) is 4.66. The smallest absolute Gasteiger partial charge is 0.133 e. The van der Waals surface area contributed by atoms with E-state index in [0.29, 0.717) is 11.9 Å². The predicted molar refractivity (Wildman–Crippen MR) is 75.8 cm³/mol. The van der Waals surface area contributed by atoms with Crippen LogP contribution in [0.2, 0.25) is 0 Å². The zero-order valence-corrected chi connectivity index (χ0v) is 12.1. The van der Waals surface area contributed by atoms with Crippen molar-refractivity contribution in [3.63, 3.8) is 0 Å². The van der Waals surface area contributed by atoms with Crippen molar-refractivity contribution in [2.75, 3.05) is 6.61 Å². The quantitative estimate of drug-likeness (QED) is 0.501. The normalized spacial score (nSPS) is 19.3. The van der Waals surface area contributed by atoms with Gasteiger partial charge in [0.25, 0.3) is 0 Å². The lowest BCUT2D eigenvalue weighted by Gasteiger charge is -2.07. The summed E-state index contributed by atoms with van der Waals surface area (Å²) in [5, 5.41) is 0. The molecular weight excluding hydrogens is 224 g/mol. The lowest BCUT2D eigenvalue weighted by Crippen LogP contribution is -2.08. The molecule has 18 heavy (non-hydrogen) atoms. The molecule has 1 saturated heterocycles. The topological polar surface area (TPSA) is 26.3 Å². The van der Waals surface area contributed by atoms with Gasteiger partial charge >= 0.3 is 0 Å². The van der Waals surface area contributed by atoms with Gasteiger partial charge in [0.15, 0.2) is 0 Å². The van der Waals surface area contributed by atoms with E-state index in [1.54, 1.807) is 0 Å². The molecule has 2 heteroatoms. The molecule has 1 heterocycles. The first-order valence-electron chi connectivity index (χ1n) is 7.96. The Bertz CT molecular complexity index is 207. The summed E-state index contributed by atoms with van der Waals surface area (Å²) >= 11 is 0. The van der Waals surface area contributed by atoms with E-state index in [1.165, 1.54) is 44.9 Å². The summed E-state index contributed by atoms with van der Waals surface area (Å²) < 4.78 is 5.53. The Balaban J connectivity index is 1.84. The molecular formula is C16H30O2. The van der Waals surface area contributed by atoms with Crippen LogP contribution in [0.25, 0.3) is 0 Å². The summed E-state index contributed by atoms with van der Waals surface area (Å²) in [6.07, 6.45) is 14.2. The fourth-order valence-electron chi connectivity index (χ4n) is 2.60. The van der Waals surface area contributed by atoms with Crippen LogP contribution >= 0.6 is 0 Å². The molecule has 0 N–H and O–H groups in total. The second kappa shape index (κ2) is 10.5. The number of carbonyl (C=O) groups excluding carboxylic acids is 1. The number of ketones is 1. The third-order valence-corrected chi connectivity index (χ3v) is 3.83. The SMILES string of the molecule is CCCCCCCCCC(=O)CCC1CCCO1. The van der Waals surface area contributed by atoms with E-state index in [-0.39, 0.29) is 0 Å². The highest BCUT2D eigenvalue weighted by molar-refractivity contribution is 5.78. The van der Waals surface area contributed by atoms with E-state index in [9.17, 15) is 4.79 Å². The fourth-order valence-corrected chi connectivity index (χ4v) is 2.60. The van der Waals surface area contributed by atoms with Gasteiger partial charge in [-0.3, -0.25) is 4.79 Å². The number of Topliss-reactive ketones (excluding diaryl/α,β-unsaturated/α-hetero) is 1. The summed E-state index contributed by atoms with van der Waals surface area (Å²) in [6.45, 7) is 3.14. The van der Waals surface area contributed by atoms with Crippen LogP contribution in [0.15, 0.2) is 0 Å². The molecule has 0 saturated carbocycles. The largest absolute Gasteiger partial charge is 0.378 e. The second-order valence-corrected chi connectivity index (χ2v) is 5.58. The highest BCUT2D eigenvalue weighted by Crippen LogP contribution is 2.18. The minimum atomic E-state index is 0.378. The van der Waals surface area contributed by atoms with Crippen molar-refractivity contribution in [2.24, 2.45) is 0 Å². The number of hydrogen-bond donors (Lipinski definition) is 0. The number of carbonyl (C=O) groups is 1. The van der Waals surface area contributed by atoms with Gasteiger partial charge < -0.3 is 4.74 Å². The zero-order chi connectivity index (χ0) is 13.1. The summed E-state index contributed by atoms with van der Waals surface area (Å²) in [5.74, 6) is 0.444. The first-order valence-corrected chi connectivity index (χ1v) is 7.96. The average Bonchev–Trinajstić information content (AvgIpc) is 2.88. The second-order valence-electron chi connectivity index (χ2n) is 5.58. The molecule has 2 nitrogen and oxygen atoms in total. The molecule has 1 fully saturated rings. The van der Waals surface area contributed by atoms with Gasteiger partial charge in [0.1, 0.15) is 5.78 Å². The van der Waals surface area contributed by atoms with Crippen LogP contribution in [0.3, 0.4) is 0 Å². The lowest BCUT2D eigenvalue weighted by atomic mass is 10.0. The van der Waals surface area contributed by atoms with Crippen molar-refractivity contribution in [3.05, 3.63) is 0 Å². The molecule has 0 radical (unpaired) electrons. The molecule has 0 aromatic rings. The van der Waals surface area contributed by atoms with Gasteiger partial charge in [-0.2, -0.15) is 0 Å². The molecule has 1 atom stereocenters. The Hall–Kier alpha value is -0.370. The van der Waals surface area contributed by atoms with Crippen LogP contribution < -0.4 is 0 Å². The molecule has 1 unspecified atom stereocenters. The van der Waals surface area contributed by atoms with Crippen LogP contribution in [-0.4, -0.2) is 18.5 Å². The molecule has 1 rings (SSSR count). The highest BCUT2D eigenvalue weighted by Gasteiger charge is 2.16. The van der Waals surface area contributed by atoms with Crippen LogP contribution in [0, 0.1) is 0 Å². The van der Waals surface area contributed by atoms with Crippen LogP contribution in [0.1, 0.15) is 84.0 Å². The van der Waals surface area contributed by atoms with Crippen LogP contribution in [0.5, 0.6) is 0 Å². The maximum atomic E-state index is 11.7. The van der Waals surface area contributed by atoms with Gasteiger partial charge in [0.2, 0.25) is 0 Å². The number of rotatable bonds is 11. The summed E-state index contributed by atoms with van der Waals surface area (Å²) in [6, 6.07) is 0. The first-order chi connectivity index (χ1) is 8.83. The van der Waals surface area contributed by atoms with Gasteiger partial charge in [0, 0.05) is 19.4 Å². The van der Waals surface area contributed by atoms with Gasteiger partial charge in [-0.25, -0.2) is 0 Å². The van der Waals surface area contributed by atoms with Crippen molar-refractivity contribution in [2.45, 2.75) is 90.1 Å². The molecule has 0 aliphatic carbocycles. The van der Waals surface area contributed by atoms with Gasteiger partial charge in [-0.15, -0.1) is 0 Å². The minimum absolute atomic E-state index is 0.378. The summed E-state index contributed by atoms with van der Waals surface area (Å²) in [7, 11) is 0. The molecule has 1 aliphatic heterocycles. The zero-order valence-electron chi connectivity index (χ0n) is 12.1. The van der Waals surface area contributed by atoms with Gasteiger partial charge in [-0.05, 0) is 25.7 Å². The molecule has 0 aromatic carbocycles. The van der Waals surface area contributed by atoms with E-state index in [4.69, 9.17) is 4.74 Å². The number of unbranched alkanes of at least 4 members (excludes halogenated alkanes) is 6. The van der Waals surface area contributed by atoms with E-state index in [2.05, 4.69) is 6.92 Å². The Labute approximate surface area is 112 Å². The first kappa shape index (κ1) is 15.7. The third-order valence-electron chi connectivity index (χ3n) is 3.83. The monoisotopic (exact) mass is 254 g/mol. The van der Waals surface area contributed by atoms with E-state index >= 15 is 0 Å². The number of hydrogen-bond acceptors (Lipinski definition) is 2. The maximum absolute atomic E-state index is 11.7. The lowest BCUT2D eigenvalue weighted by molar-refractivity contribution is -0.119. The maximum Gasteiger partial charge on any atom is 0.133 e. The van der Waals surface area contributed by atoms with Gasteiger partial charge in [0.05, 0.1) is 6.10 Å². The summed E-state index contributed by atoms with van der Waals surface area (Å²) in [4.78, 5) is 11.7. The van der Waals surface area contributed by atoms with Crippen molar-refractivity contribution < 1.29 is 9.53 Å². The van der Waals surface area contributed by atoms with E-state index < -0.39 is 0 Å². The Morgan fingerprint density at radius 1 is 1.06 bits per heavy atom. The molecule has 1 aliphatic rings. The van der Waals surface area contributed by atoms with Crippen molar-refractivity contribution in [1.29, 1.82) is 0 Å². The van der Waals surface area contributed by atoms with Crippen LogP contribution in [0.4, 0.5) is 0 Å². The molecule has 0 amide bonds. The third kappa shape index (κ3) is 7.86. The molecule has 106 valence electrons. The average molecular weight is 254 g/mol. The van der Waals surface area contributed by atoms with E-state index in [1.807, 2.05) is 0 Å². The minimum Gasteiger partial charge on any atom is -0.378 e. The van der Waals surface area contributed by atoms with E-state index in [0.717, 1.165) is 38.7 Å². The number of ether oxygens (including phenoxy) is 1. The van der Waals surface area contributed by atoms with Crippen LogP contribution in [-0.2, 0) is 9.53 Å². The van der Waals surface area contributed by atoms with Crippen molar-refractivity contribution in [1.82, 2.24) is 0 Å². The Kier molecular flexibility index (Phi) is 9.19. The highest BCUT2D eigenvalue weighted by atomic mass is 16.5. The Morgan fingerprint density at radius 3 is 2.44 bits per heavy atom. The Morgan fingerprint density at radius 2 is 1.78 bits per heavy atom. The fraction of sp³-hybridized carbons (Fsp3) is 0.938. The standard InChI is InChI=1S/C16H30O2/c1-2-3-4-5-6-7-8-10-15(17)12-13-16-11-9-14-18-16/h16H,2-14H2,1H3. The molecule has 0 spiro atoms.